The number of aromatic nitrogens is 3. The standard InChI is InChI=1S/C22H19ClN4O2/c1-12-21(13(2)27(3)26-12)19-11-16(15-6-4-5-7-17(15)24-19)22(29)25-18-10-14(23)8-9-20(18)28/h4-11,28H,1-3H3,(H,25,29). The number of phenols is 1. The van der Waals surface area contributed by atoms with Gasteiger partial charge in [-0.1, -0.05) is 29.8 Å². The van der Waals surface area contributed by atoms with Crippen LogP contribution >= 0.6 is 11.6 Å². The van der Waals surface area contributed by atoms with Crippen molar-refractivity contribution in [1.82, 2.24) is 14.8 Å². The van der Waals surface area contributed by atoms with E-state index in [0.29, 0.717) is 21.8 Å². The van der Waals surface area contributed by atoms with Crippen molar-refractivity contribution in [3.8, 4) is 17.0 Å². The molecule has 7 heteroatoms. The van der Waals surface area contributed by atoms with Gasteiger partial charge < -0.3 is 10.4 Å². The van der Waals surface area contributed by atoms with Crippen LogP contribution in [-0.4, -0.2) is 25.8 Å². The summed E-state index contributed by atoms with van der Waals surface area (Å²) in [6.45, 7) is 3.89. The largest absolute Gasteiger partial charge is 0.506 e. The van der Waals surface area contributed by atoms with Crippen LogP contribution in [0.5, 0.6) is 5.75 Å². The number of aryl methyl sites for hydroxylation is 2. The Kier molecular flexibility index (Phi) is 4.72. The number of benzene rings is 2. The first-order valence-corrected chi connectivity index (χ1v) is 9.43. The number of anilines is 1. The number of carbonyl (C=O) groups is 1. The van der Waals surface area contributed by atoms with Crippen molar-refractivity contribution < 1.29 is 9.90 Å². The van der Waals surface area contributed by atoms with Gasteiger partial charge in [-0.3, -0.25) is 9.48 Å². The number of halogens is 1. The normalized spacial score (nSPS) is 11.0. The van der Waals surface area contributed by atoms with E-state index in [1.165, 1.54) is 12.1 Å². The monoisotopic (exact) mass is 406 g/mol. The maximum atomic E-state index is 13.1. The summed E-state index contributed by atoms with van der Waals surface area (Å²) < 4.78 is 1.80. The van der Waals surface area contributed by atoms with Crippen LogP contribution in [0.1, 0.15) is 21.7 Å². The highest BCUT2D eigenvalue weighted by molar-refractivity contribution is 6.31. The number of phenolic OH excluding ortho intramolecular Hbond substituents is 1. The molecule has 0 saturated carbocycles. The third kappa shape index (κ3) is 3.43. The van der Waals surface area contributed by atoms with Gasteiger partial charge in [-0.25, -0.2) is 4.98 Å². The van der Waals surface area contributed by atoms with Crippen molar-refractivity contribution in [1.29, 1.82) is 0 Å². The number of aromatic hydroxyl groups is 1. The van der Waals surface area contributed by atoms with Crippen molar-refractivity contribution in [2.45, 2.75) is 13.8 Å². The van der Waals surface area contributed by atoms with Gasteiger partial charge in [-0.05, 0) is 44.2 Å². The second-order valence-corrected chi connectivity index (χ2v) is 7.29. The van der Waals surface area contributed by atoms with Crippen LogP contribution in [0, 0.1) is 13.8 Å². The molecule has 0 bridgehead atoms. The highest BCUT2D eigenvalue weighted by Gasteiger charge is 2.19. The molecule has 0 fully saturated rings. The third-order valence-corrected chi connectivity index (χ3v) is 5.17. The highest BCUT2D eigenvalue weighted by atomic mass is 35.5. The Hall–Kier alpha value is -3.38. The highest BCUT2D eigenvalue weighted by Crippen LogP contribution is 2.31. The molecule has 2 heterocycles. The second-order valence-electron chi connectivity index (χ2n) is 6.86. The lowest BCUT2D eigenvalue weighted by molar-refractivity contribution is 0.102. The molecule has 1 amide bonds. The maximum absolute atomic E-state index is 13.1. The lowest BCUT2D eigenvalue weighted by atomic mass is 10.0. The number of hydrogen-bond acceptors (Lipinski definition) is 4. The first-order chi connectivity index (χ1) is 13.8. The minimum atomic E-state index is -0.360. The van der Waals surface area contributed by atoms with Gasteiger partial charge in [0.25, 0.3) is 5.91 Å². The molecule has 0 aliphatic carbocycles. The van der Waals surface area contributed by atoms with Crippen LogP contribution in [0.25, 0.3) is 22.2 Å². The topological polar surface area (TPSA) is 80.0 Å². The Balaban J connectivity index is 1.87. The predicted molar refractivity (Wildman–Crippen MR) is 114 cm³/mol. The fraction of sp³-hybridized carbons (Fsp3) is 0.136. The number of hydrogen-bond donors (Lipinski definition) is 2. The number of carbonyl (C=O) groups excluding carboxylic acids is 1. The molecule has 2 aromatic carbocycles. The van der Waals surface area contributed by atoms with Crippen LogP contribution in [0.4, 0.5) is 5.69 Å². The van der Waals surface area contributed by atoms with Crippen LogP contribution in [-0.2, 0) is 7.05 Å². The number of nitrogens with one attached hydrogen (secondary N) is 1. The van der Waals surface area contributed by atoms with Crippen molar-refractivity contribution >= 4 is 34.1 Å². The fourth-order valence-electron chi connectivity index (χ4n) is 3.43. The van der Waals surface area contributed by atoms with Gasteiger partial charge in [0.15, 0.2) is 0 Å². The molecule has 4 rings (SSSR count). The summed E-state index contributed by atoms with van der Waals surface area (Å²) in [6.07, 6.45) is 0. The summed E-state index contributed by atoms with van der Waals surface area (Å²) in [5, 5.41) is 18.4. The number of rotatable bonds is 3. The first kappa shape index (κ1) is 19.0. The lowest BCUT2D eigenvalue weighted by Crippen LogP contribution is -2.13. The minimum absolute atomic E-state index is 0.0553. The van der Waals surface area contributed by atoms with E-state index in [1.807, 2.05) is 45.2 Å². The Labute approximate surface area is 172 Å². The van der Waals surface area contributed by atoms with Gasteiger partial charge >= 0.3 is 0 Å². The molecule has 146 valence electrons. The van der Waals surface area contributed by atoms with E-state index in [4.69, 9.17) is 16.6 Å². The van der Waals surface area contributed by atoms with E-state index in [1.54, 1.807) is 16.8 Å². The quantitative estimate of drug-likeness (QED) is 0.476. The van der Waals surface area contributed by atoms with Crippen molar-refractivity contribution in [3.63, 3.8) is 0 Å². The molecule has 2 aromatic heterocycles. The molecule has 0 aliphatic heterocycles. The Morgan fingerprint density at radius 1 is 1.14 bits per heavy atom. The van der Waals surface area contributed by atoms with Crippen LogP contribution < -0.4 is 5.32 Å². The molecule has 29 heavy (non-hydrogen) atoms. The minimum Gasteiger partial charge on any atom is -0.506 e. The van der Waals surface area contributed by atoms with Crippen LogP contribution in [0.15, 0.2) is 48.5 Å². The zero-order valence-corrected chi connectivity index (χ0v) is 16.9. The molecule has 0 radical (unpaired) electrons. The first-order valence-electron chi connectivity index (χ1n) is 9.05. The summed E-state index contributed by atoms with van der Waals surface area (Å²) >= 11 is 6.00. The Morgan fingerprint density at radius 2 is 1.90 bits per heavy atom. The molecule has 0 spiro atoms. The molecule has 2 N–H and O–H groups in total. The maximum Gasteiger partial charge on any atom is 0.256 e. The van der Waals surface area contributed by atoms with E-state index in [2.05, 4.69) is 10.4 Å². The van der Waals surface area contributed by atoms with Gasteiger partial charge in [0, 0.05) is 28.7 Å². The van der Waals surface area contributed by atoms with Crippen LogP contribution in [0.2, 0.25) is 5.02 Å². The zero-order chi connectivity index (χ0) is 20.7. The smallest absolute Gasteiger partial charge is 0.256 e. The van der Waals surface area contributed by atoms with Crippen LogP contribution in [0.3, 0.4) is 0 Å². The van der Waals surface area contributed by atoms with Gasteiger partial charge in [0.05, 0.1) is 28.2 Å². The molecule has 0 atom stereocenters. The van der Waals surface area contributed by atoms with Crippen molar-refractivity contribution in [2.24, 2.45) is 7.05 Å². The molecular weight excluding hydrogens is 388 g/mol. The third-order valence-electron chi connectivity index (χ3n) is 4.93. The van der Waals surface area contributed by atoms with Gasteiger partial charge in [0.1, 0.15) is 5.75 Å². The number of amides is 1. The van der Waals surface area contributed by atoms with Gasteiger partial charge in [0.2, 0.25) is 0 Å². The molecule has 0 unspecified atom stereocenters. The Morgan fingerprint density at radius 3 is 2.62 bits per heavy atom. The van der Waals surface area contributed by atoms with Crippen molar-refractivity contribution in [3.05, 3.63) is 70.5 Å². The molecule has 6 nitrogen and oxygen atoms in total. The molecule has 4 aromatic rings. The number of fused-ring (bicyclic) bond motifs is 1. The summed E-state index contributed by atoms with van der Waals surface area (Å²) in [5.41, 5.74) is 4.78. The summed E-state index contributed by atoms with van der Waals surface area (Å²) in [4.78, 5) is 17.9. The van der Waals surface area contributed by atoms with E-state index < -0.39 is 0 Å². The molecular formula is C22H19ClN4O2. The second kappa shape index (κ2) is 7.22. The summed E-state index contributed by atoms with van der Waals surface area (Å²) in [5.74, 6) is -0.415. The molecule has 0 aliphatic rings. The number of pyridine rings is 1. The van der Waals surface area contributed by atoms with E-state index in [-0.39, 0.29) is 17.3 Å². The number of nitrogens with zero attached hydrogens (tertiary/aromatic N) is 3. The number of para-hydroxylation sites is 1. The lowest BCUT2D eigenvalue weighted by Gasteiger charge is -2.12. The molecule has 0 saturated heterocycles. The SMILES string of the molecule is Cc1nn(C)c(C)c1-c1cc(C(=O)Nc2cc(Cl)ccc2O)c2ccccc2n1. The summed E-state index contributed by atoms with van der Waals surface area (Å²) in [6, 6.07) is 13.7. The average Bonchev–Trinajstić information content (AvgIpc) is 2.95. The van der Waals surface area contributed by atoms with E-state index in [9.17, 15) is 9.90 Å². The van der Waals surface area contributed by atoms with Crippen molar-refractivity contribution in [2.75, 3.05) is 5.32 Å². The average molecular weight is 407 g/mol. The van der Waals surface area contributed by atoms with E-state index in [0.717, 1.165) is 22.3 Å². The predicted octanol–water partition coefficient (Wildman–Crippen LogP) is 4.86. The van der Waals surface area contributed by atoms with Gasteiger partial charge in [-0.15, -0.1) is 0 Å². The van der Waals surface area contributed by atoms with Gasteiger partial charge in [-0.2, -0.15) is 5.10 Å². The zero-order valence-electron chi connectivity index (χ0n) is 16.2. The summed E-state index contributed by atoms with van der Waals surface area (Å²) in [7, 11) is 1.88. The Bertz CT molecular complexity index is 1260. The van der Waals surface area contributed by atoms with E-state index >= 15 is 0 Å². The fourth-order valence-corrected chi connectivity index (χ4v) is 3.61.